The van der Waals surface area contributed by atoms with Crippen LogP contribution in [0.3, 0.4) is 0 Å². The summed E-state index contributed by atoms with van der Waals surface area (Å²) >= 11 is 0.730. The van der Waals surface area contributed by atoms with Crippen molar-refractivity contribution in [2.45, 2.75) is 23.1 Å². The van der Waals surface area contributed by atoms with Crippen molar-refractivity contribution >= 4 is 95.0 Å². The highest BCUT2D eigenvalue weighted by atomic mass is 32.2. The first-order chi connectivity index (χ1) is 29.8. The number of ether oxygens (including phenoxy) is 1. The van der Waals surface area contributed by atoms with Crippen molar-refractivity contribution in [3.05, 3.63) is 95.6 Å². The lowest BCUT2D eigenvalue weighted by atomic mass is 10.0. The number of fused-ring (bicyclic) bond motifs is 3. The van der Waals surface area contributed by atoms with E-state index in [2.05, 4.69) is 45.0 Å². The summed E-state index contributed by atoms with van der Waals surface area (Å²) in [5.74, 6) is -3.50. The molecule has 0 spiro atoms. The summed E-state index contributed by atoms with van der Waals surface area (Å²) in [5, 5.41) is 76.7. The van der Waals surface area contributed by atoms with Gasteiger partial charge in [-0.05, 0) is 73.2 Å². The highest BCUT2D eigenvalue weighted by Crippen LogP contribution is 2.42. The van der Waals surface area contributed by atoms with Gasteiger partial charge in [0.1, 0.15) is 33.7 Å². The van der Waals surface area contributed by atoms with Crippen LogP contribution >= 0.6 is 12.0 Å². The van der Waals surface area contributed by atoms with Gasteiger partial charge in [-0.2, -0.15) is 37.4 Å². The number of benzene rings is 4. The number of aromatic nitrogens is 2. The lowest BCUT2D eigenvalue weighted by Gasteiger charge is -2.12. The molecule has 2 aromatic heterocycles. The van der Waals surface area contributed by atoms with Crippen molar-refractivity contribution < 1.29 is 70.2 Å². The molecule has 27 heteroatoms. The van der Waals surface area contributed by atoms with Crippen LogP contribution in [0.2, 0.25) is 0 Å². The number of aliphatic carboxylic acids is 2. The Hall–Kier alpha value is -7.29. The van der Waals surface area contributed by atoms with E-state index in [1.807, 2.05) is 6.07 Å². The fourth-order valence-electron chi connectivity index (χ4n) is 5.36. The van der Waals surface area contributed by atoms with E-state index in [1.165, 1.54) is 28.7 Å². The molecule has 0 aliphatic heterocycles. The molecule has 0 aliphatic carbocycles. The van der Waals surface area contributed by atoms with Gasteiger partial charge >= 0.3 is 11.9 Å². The molecule has 0 radical (unpaired) electrons. The Morgan fingerprint density at radius 2 is 1.48 bits per heavy atom. The number of carboxylic acids is 2. The van der Waals surface area contributed by atoms with Crippen molar-refractivity contribution in [2.24, 2.45) is 30.7 Å². The quantitative estimate of drug-likeness (QED) is 0.0187. The van der Waals surface area contributed by atoms with E-state index < -0.39 is 56.0 Å². The normalized spacial score (nSPS) is 11.9. The molecule has 2 heterocycles. The molecular formula is C36H29N9O15S3. The number of nitrogens with zero attached hydrogens (tertiary/aromatic N) is 9. The van der Waals surface area contributed by atoms with Gasteiger partial charge in [-0.1, -0.05) is 17.2 Å². The summed E-state index contributed by atoms with van der Waals surface area (Å²) in [5.41, 5.74) is 0.381. The molecular weight excluding hydrogens is 895 g/mol. The van der Waals surface area contributed by atoms with E-state index in [1.54, 1.807) is 55.5 Å². The average molecular weight is 924 g/mol. The number of aromatic hydroxyl groups is 1. The molecule has 6 aromatic rings. The molecule has 0 aliphatic rings. The number of carbonyl (C=O) groups is 2. The summed E-state index contributed by atoms with van der Waals surface area (Å²) in [6, 6.07) is 21.0. The van der Waals surface area contributed by atoms with E-state index in [9.17, 15) is 51.6 Å². The van der Waals surface area contributed by atoms with Crippen LogP contribution in [-0.2, 0) is 45.6 Å². The van der Waals surface area contributed by atoms with Gasteiger partial charge in [0.05, 0.1) is 52.8 Å². The molecule has 0 saturated heterocycles. The number of rotatable bonds is 15. The maximum atomic E-state index is 12.4. The average Bonchev–Trinajstić information content (AvgIpc) is 3.60. The number of carboxylic acid groups (broad SMARTS) is 2. The Bertz CT molecular complexity index is 3090. The summed E-state index contributed by atoms with van der Waals surface area (Å²) in [6.07, 6.45) is -0.0276. The van der Waals surface area contributed by atoms with Gasteiger partial charge < -0.3 is 20.1 Å². The first-order valence-electron chi connectivity index (χ1n) is 17.1. The largest absolute Gasteiger partial charge is 0.493 e. The Morgan fingerprint density at radius 3 is 2.11 bits per heavy atom. The summed E-state index contributed by atoms with van der Waals surface area (Å²) in [7, 11) is -8.55. The fourth-order valence-corrected chi connectivity index (χ4v) is 6.35. The van der Waals surface area contributed by atoms with Crippen LogP contribution in [0.15, 0.2) is 119 Å². The van der Waals surface area contributed by atoms with Gasteiger partial charge in [-0.15, -0.1) is 19.7 Å². The minimum atomic E-state index is -4.88. The predicted octanol–water partition coefficient (Wildman–Crippen LogP) is 7.89. The number of imidazole rings is 1. The Kier molecular flexibility index (Phi) is 14.9. The minimum Gasteiger partial charge on any atom is -0.493 e. The van der Waals surface area contributed by atoms with Gasteiger partial charge in [0, 0.05) is 16.5 Å². The maximum absolute atomic E-state index is 12.4. The third-order valence-electron chi connectivity index (χ3n) is 7.89. The van der Waals surface area contributed by atoms with Crippen LogP contribution in [-0.4, -0.2) is 80.7 Å². The van der Waals surface area contributed by atoms with Gasteiger partial charge in [0.2, 0.25) is 5.88 Å². The van der Waals surface area contributed by atoms with Gasteiger partial charge in [0.15, 0.2) is 17.9 Å². The van der Waals surface area contributed by atoms with Gasteiger partial charge in [-0.3, -0.25) is 18.3 Å². The number of aryl methyl sites for hydroxylation is 1. The molecule has 6 rings (SSSR count). The van der Waals surface area contributed by atoms with Crippen molar-refractivity contribution in [1.82, 2.24) is 9.38 Å². The Balaban J connectivity index is 0.00000141. The highest BCUT2D eigenvalue weighted by Gasteiger charge is 2.25. The van der Waals surface area contributed by atoms with E-state index in [4.69, 9.17) is 14.5 Å². The molecule has 0 atom stereocenters. The van der Waals surface area contributed by atoms with Gasteiger partial charge in [0.25, 0.3) is 20.2 Å². The molecule has 0 unspecified atom stereocenters. The zero-order valence-corrected chi connectivity index (χ0v) is 34.5. The standard InChI is InChI=1S/C35H25N9O12S2.CH4O3S/c1-18-12-27(42-43-33-22(14-31(45)46)23(16-36)34-37-24-4-2-3-5-28(24)44(34)35(33)49)29(54-17-32(47)48)15-26(18)41-40-25-11-8-20(13-30(25)58(51,52)53)39-38-19-6-9-21(10-7-19)57-56-55-50;1-5(2,3)4/h2-13,15,49-50H,14,17H2,1H3,(H,45,46)(H,47,48)(H,51,52,53);1H3,(H,2,3,4). The van der Waals surface area contributed by atoms with E-state index in [-0.39, 0.29) is 51.0 Å². The number of nitriles is 1. The second-order valence-corrected chi connectivity index (χ2v) is 16.1. The molecule has 24 nitrogen and oxygen atoms in total. The zero-order valence-electron chi connectivity index (χ0n) is 32.0. The number of azo groups is 3. The topological polar surface area (TPSA) is 367 Å². The van der Waals surface area contributed by atoms with E-state index in [0.717, 1.165) is 18.1 Å². The molecule has 0 bridgehead atoms. The van der Waals surface area contributed by atoms with Crippen LogP contribution in [0, 0.1) is 18.3 Å². The number of pyridine rings is 1. The Labute approximate surface area is 358 Å². The minimum absolute atomic E-state index is 0.00677. The first kappa shape index (κ1) is 46.8. The van der Waals surface area contributed by atoms with E-state index in [0.29, 0.717) is 33.4 Å². The summed E-state index contributed by atoms with van der Waals surface area (Å²) in [4.78, 5) is 27.6. The van der Waals surface area contributed by atoms with Crippen molar-refractivity contribution in [2.75, 3.05) is 12.9 Å². The second-order valence-electron chi connectivity index (χ2n) is 12.4. The second kappa shape index (κ2) is 20.1. The summed E-state index contributed by atoms with van der Waals surface area (Å²) < 4.78 is 71.6. The fraction of sp³-hybridized carbons (Fsp3) is 0.111. The zero-order chi connectivity index (χ0) is 46.1. The van der Waals surface area contributed by atoms with Gasteiger partial charge in [-0.25, -0.2) is 15.0 Å². The third kappa shape index (κ3) is 12.4. The van der Waals surface area contributed by atoms with Crippen LogP contribution < -0.4 is 4.74 Å². The number of para-hydroxylation sites is 2. The molecule has 6 N–H and O–H groups in total. The Morgan fingerprint density at radius 1 is 0.841 bits per heavy atom. The monoisotopic (exact) mass is 923 g/mol. The van der Waals surface area contributed by atoms with E-state index >= 15 is 0 Å². The molecule has 326 valence electrons. The van der Waals surface area contributed by atoms with Crippen molar-refractivity contribution in [3.63, 3.8) is 0 Å². The number of hydrogen-bond acceptors (Lipinski definition) is 20. The third-order valence-corrected chi connectivity index (χ3v) is 9.36. The van der Waals surface area contributed by atoms with Crippen LogP contribution in [0.4, 0.5) is 34.1 Å². The van der Waals surface area contributed by atoms with Crippen LogP contribution in [0.5, 0.6) is 11.6 Å². The molecule has 0 saturated carbocycles. The SMILES string of the molecule is CS(=O)(=O)O.Cc1cc(N=Nc2c(CC(=O)O)c(C#N)c3nc4ccccc4n3c2O)c(OCC(=O)O)cc1N=Nc1ccc(N=Nc2ccc(SOOO)cc2)cc1S(=O)(=O)O. The smallest absolute Gasteiger partial charge is 0.341 e. The lowest BCUT2D eigenvalue weighted by molar-refractivity contribution is -0.432. The van der Waals surface area contributed by atoms with Crippen molar-refractivity contribution in [1.29, 1.82) is 5.26 Å². The van der Waals surface area contributed by atoms with Crippen LogP contribution in [0.25, 0.3) is 16.7 Å². The first-order valence-corrected chi connectivity index (χ1v) is 21.1. The predicted molar refractivity (Wildman–Crippen MR) is 218 cm³/mol. The van der Waals surface area contributed by atoms with Crippen molar-refractivity contribution in [3.8, 4) is 17.7 Å². The molecule has 4 aromatic carbocycles. The summed E-state index contributed by atoms with van der Waals surface area (Å²) in [6.45, 7) is 0.688. The lowest BCUT2D eigenvalue weighted by Crippen LogP contribution is -2.09. The molecule has 0 fully saturated rings. The van der Waals surface area contributed by atoms with Crippen LogP contribution in [0.1, 0.15) is 16.7 Å². The molecule has 63 heavy (non-hydrogen) atoms. The highest BCUT2D eigenvalue weighted by molar-refractivity contribution is 7.94. The molecule has 0 amide bonds. The number of hydrogen-bond donors (Lipinski definition) is 6. The maximum Gasteiger partial charge on any atom is 0.341 e.